The molecule has 0 amide bonds. The maximum Gasteiger partial charge on any atom is 0.137 e. The topological polar surface area (TPSA) is 75.2 Å². The van der Waals surface area contributed by atoms with Crippen LogP contribution in [0.5, 0.6) is 0 Å². The monoisotopic (exact) mass is 358 g/mol. The van der Waals surface area contributed by atoms with Gasteiger partial charge in [-0.3, -0.25) is 9.78 Å². The van der Waals surface area contributed by atoms with Gasteiger partial charge in [0.15, 0.2) is 0 Å². The Morgan fingerprint density at radius 3 is 2.81 bits per heavy atom. The van der Waals surface area contributed by atoms with Crippen LogP contribution in [-0.4, -0.2) is 29.9 Å². The van der Waals surface area contributed by atoms with E-state index in [9.17, 15) is 4.39 Å². The van der Waals surface area contributed by atoms with E-state index in [2.05, 4.69) is 31.3 Å². The lowest BCUT2D eigenvalue weighted by Gasteiger charge is -2.02. The standard InChI is InChI=1S/C20H15FN6/c21-17-3-1-2-13(4-17)11-27-12-16(9-26-27)19-10-23-20-18(19)5-14(6-22-20)15-7-24-25-8-15/h1-10,12H,11H2,(H,22,23)(H,24,25). The zero-order valence-corrected chi connectivity index (χ0v) is 14.2. The summed E-state index contributed by atoms with van der Waals surface area (Å²) < 4.78 is 15.2. The Morgan fingerprint density at radius 2 is 1.96 bits per heavy atom. The predicted octanol–water partition coefficient (Wildman–Crippen LogP) is 4.00. The van der Waals surface area contributed by atoms with Crippen molar-refractivity contribution in [2.75, 3.05) is 0 Å². The van der Waals surface area contributed by atoms with Crippen LogP contribution in [0.1, 0.15) is 5.56 Å². The van der Waals surface area contributed by atoms with Gasteiger partial charge in [-0.25, -0.2) is 9.37 Å². The van der Waals surface area contributed by atoms with Gasteiger partial charge >= 0.3 is 0 Å². The number of aromatic amines is 2. The maximum atomic E-state index is 13.4. The van der Waals surface area contributed by atoms with E-state index in [0.717, 1.165) is 38.9 Å². The van der Waals surface area contributed by atoms with Gasteiger partial charge in [-0.1, -0.05) is 12.1 Å². The van der Waals surface area contributed by atoms with E-state index in [1.54, 1.807) is 16.9 Å². The second-order valence-electron chi connectivity index (χ2n) is 6.37. The fraction of sp³-hybridized carbons (Fsp3) is 0.0500. The molecule has 0 aliphatic rings. The first-order valence-corrected chi connectivity index (χ1v) is 8.50. The van der Waals surface area contributed by atoms with E-state index in [-0.39, 0.29) is 5.82 Å². The molecule has 4 aromatic heterocycles. The minimum atomic E-state index is -0.241. The lowest BCUT2D eigenvalue weighted by Crippen LogP contribution is -1.99. The van der Waals surface area contributed by atoms with Gasteiger partial charge < -0.3 is 4.98 Å². The molecule has 0 aliphatic carbocycles. The van der Waals surface area contributed by atoms with Gasteiger partial charge in [0.2, 0.25) is 0 Å². The number of rotatable bonds is 4. The minimum absolute atomic E-state index is 0.241. The molecule has 0 atom stereocenters. The van der Waals surface area contributed by atoms with E-state index < -0.39 is 0 Å². The third kappa shape index (κ3) is 2.89. The summed E-state index contributed by atoms with van der Waals surface area (Å²) in [6, 6.07) is 8.64. The van der Waals surface area contributed by atoms with Crippen molar-refractivity contribution in [3.63, 3.8) is 0 Å². The Labute approximate surface area is 153 Å². The lowest BCUT2D eigenvalue weighted by molar-refractivity contribution is 0.619. The number of fused-ring (bicyclic) bond motifs is 1. The molecule has 0 bridgehead atoms. The van der Waals surface area contributed by atoms with Gasteiger partial charge in [0.25, 0.3) is 0 Å². The van der Waals surface area contributed by atoms with Crippen molar-refractivity contribution in [2.24, 2.45) is 0 Å². The van der Waals surface area contributed by atoms with Crippen molar-refractivity contribution in [2.45, 2.75) is 6.54 Å². The zero-order valence-electron chi connectivity index (χ0n) is 14.2. The molecule has 1 aromatic carbocycles. The molecule has 132 valence electrons. The number of H-pyrrole nitrogens is 2. The van der Waals surface area contributed by atoms with Gasteiger partial charge in [0, 0.05) is 52.4 Å². The zero-order chi connectivity index (χ0) is 18.2. The average Bonchev–Trinajstić information content (AvgIpc) is 3.41. The molecule has 6 nitrogen and oxygen atoms in total. The highest BCUT2D eigenvalue weighted by Gasteiger charge is 2.11. The molecule has 0 radical (unpaired) electrons. The Kier molecular flexibility index (Phi) is 3.57. The van der Waals surface area contributed by atoms with Gasteiger partial charge in [-0.15, -0.1) is 0 Å². The van der Waals surface area contributed by atoms with Crippen LogP contribution >= 0.6 is 0 Å². The molecule has 2 N–H and O–H groups in total. The minimum Gasteiger partial charge on any atom is -0.346 e. The number of pyridine rings is 1. The number of benzene rings is 1. The summed E-state index contributed by atoms with van der Waals surface area (Å²) in [5, 5.41) is 12.3. The summed E-state index contributed by atoms with van der Waals surface area (Å²) in [6.45, 7) is 0.513. The van der Waals surface area contributed by atoms with Crippen LogP contribution in [0.4, 0.5) is 4.39 Å². The Balaban J connectivity index is 1.50. The third-order valence-corrected chi connectivity index (χ3v) is 4.54. The first kappa shape index (κ1) is 15.5. The molecule has 0 spiro atoms. The van der Waals surface area contributed by atoms with Crippen molar-refractivity contribution in [1.82, 2.24) is 29.9 Å². The number of hydrogen-bond donors (Lipinski definition) is 2. The first-order valence-electron chi connectivity index (χ1n) is 8.50. The molecule has 0 fully saturated rings. The maximum absolute atomic E-state index is 13.4. The summed E-state index contributed by atoms with van der Waals surface area (Å²) >= 11 is 0. The van der Waals surface area contributed by atoms with Crippen molar-refractivity contribution in [3.05, 3.63) is 78.9 Å². The van der Waals surface area contributed by atoms with Crippen molar-refractivity contribution >= 4 is 11.0 Å². The molecular weight excluding hydrogens is 343 g/mol. The van der Waals surface area contributed by atoms with Crippen LogP contribution in [-0.2, 0) is 6.54 Å². The summed E-state index contributed by atoms with van der Waals surface area (Å²) in [5.41, 5.74) is 5.65. The van der Waals surface area contributed by atoms with Crippen molar-refractivity contribution in [1.29, 1.82) is 0 Å². The fourth-order valence-electron chi connectivity index (χ4n) is 3.22. The fourth-order valence-corrected chi connectivity index (χ4v) is 3.22. The highest BCUT2D eigenvalue weighted by atomic mass is 19.1. The highest BCUT2D eigenvalue weighted by molar-refractivity contribution is 5.95. The van der Waals surface area contributed by atoms with Gasteiger partial charge in [-0.05, 0) is 23.8 Å². The lowest BCUT2D eigenvalue weighted by atomic mass is 10.1. The molecule has 27 heavy (non-hydrogen) atoms. The molecule has 5 rings (SSSR count). The van der Waals surface area contributed by atoms with Crippen molar-refractivity contribution in [3.8, 4) is 22.3 Å². The van der Waals surface area contributed by atoms with Crippen LogP contribution in [0.25, 0.3) is 33.3 Å². The summed E-state index contributed by atoms with van der Waals surface area (Å²) in [5.74, 6) is -0.241. The van der Waals surface area contributed by atoms with Gasteiger partial charge in [0.05, 0.1) is 18.9 Å². The molecule has 0 saturated carbocycles. The predicted molar refractivity (Wildman–Crippen MR) is 100 cm³/mol. The van der Waals surface area contributed by atoms with Crippen LogP contribution in [0, 0.1) is 5.82 Å². The molecule has 0 saturated heterocycles. The van der Waals surface area contributed by atoms with E-state index in [4.69, 9.17) is 0 Å². The summed E-state index contributed by atoms with van der Waals surface area (Å²) in [6.07, 6.45) is 11.1. The molecule has 0 aliphatic heterocycles. The largest absolute Gasteiger partial charge is 0.346 e. The van der Waals surface area contributed by atoms with E-state index in [1.165, 1.54) is 12.1 Å². The average molecular weight is 358 g/mol. The highest BCUT2D eigenvalue weighted by Crippen LogP contribution is 2.30. The number of nitrogens with one attached hydrogen (secondary N) is 2. The van der Waals surface area contributed by atoms with Crippen LogP contribution in [0.2, 0.25) is 0 Å². The number of nitrogens with zero attached hydrogens (tertiary/aromatic N) is 4. The van der Waals surface area contributed by atoms with Crippen molar-refractivity contribution < 1.29 is 4.39 Å². The Morgan fingerprint density at radius 1 is 1.00 bits per heavy atom. The molecule has 0 unspecified atom stereocenters. The smallest absolute Gasteiger partial charge is 0.137 e. The van der Waals surface area contributed by atoms with E-state index >= 15 is 0 Å². The normalized spacial score (nSPS) is 11.3. The Bertz CT molecular complexity index is 1220. The summed E-state index contributed by atoms with van der Waals surface area (Å²) in [4.78, 5) is 7.71. The van der Waals surface area contributed by atoms with Gasteiger partial charge in [0.1, 0.15) is 11.5 Å². The Hall–Kier alpha value is -3.74. The number of halogens is 1. The van der Waals surface area contributed by atoms with E-state index in [1.807, 2.05) is 37.1 Å². The van der Waals surface area contributed by atoms with Crippen LogP contribution in [0.3, 0.4) is 0 Å². The second kappa shape index (κ2) is 6.21. The van der Waals surface area contributed by atoms with Gasteiger partial charge in [-0.2, -0.15) is 10.2 Å². The molecule has 5 aromatic rings. The third-order valence-electron chi connectivity index (χ3n) is 4.54. The SMILES string of the molecule is Fc1cccc(Cn2cc(-c3c[nH]c4ncc(-c5cn[nH]c5)cc34)cn2)c1. The number of hydrogen-bond acceptors (Lipinski definition) is 3. The molecule has 4 heterocycles. The quantitative estimate of drug-likeness (QED) is 0.510. The van der Waals surface area contributed by atoms with E-state index in [0.29, 0.717) is 6.54 Å². The summed E-state index contributed by atoms with van der Waals surface area (Å²) in [7, 11) is 0. The van der Waals surface area contributed by atoms with Crippen LogP contribution in [0.15, 0.2) is 67.5 Å². The number of aromatic nitrogens is 6. The first-order chi connectivity index (χ1) is 13.3. The molecular formula is C20H15FN6. The van der Waals surface area contributed by atoms with Crippen LogP contribution < -0.4 is 0 Å². The molecule has 7 heteroatoms. The second-order valence-corrected chi connectivity index (χ2v) is 6.37.